The van der Waals surface area contributed by atoms with Crippen LogP contribution < -0.4 is 0 Å². The van der Waals surface area contributed by atoms with Crippen molar-refractivity contribution in [1.82, 2.24) is 0 Å². The van der Waals surface area contributed by atoms with Gasteiger partial charge < -0.3 is 19.4 Å². The second-order valence-electron chi connectivity index (χ2n) is 9.49. The van der Waals surface area contributed by atoms with Crippen LogP contribution in [0.25, 0.3) is 0 Å². The molecule has 0 aliphatic heterocycles. The number of ether oxygens (including phenoxy) is 1. The van der Waals surface area contributed by atoms with E-state index >= 15 is 0 Å². The molecule has 7 atom stereocenters. The Morgan fingerprint density at radius 2 is 1.96 bits per heavy atom. The Bertz CT molecular complexity index is 707. The highest BCUT2D eigenvalue weighted by atomic mass is 16.5. The highest BCUT2D eigenvalue weighted by Gasteiger charge is 2.64. The SMILES string of the molecule is COC(=O)[C@@H]1c2ccoc2C[C@H]2[C@@H]1[C@@H](O)[C@H](O)[C@@H]1C(C)(C)CCC[C@@]12C. The van der Waals surface area contributed by atoms with Crippen molar-refractivity contribution >= 4 is 5.97 Å². The molecule has 0 bridgehead atoms. The van der Waals surface area contributed by atoms with Gasteiger partial charge in [0.05, 0.1) is 31.5 Å². The fourth-order valence-electron chi connectivity index (χ4n) is 6.91. The van der Waals surface area contributed by atoms with Crippen molar-refractivity contribution in [1.29, 1.82) is 0 Å². The van der Waals surface area contributed by atoms with Gasteiger partial charge in [-0.3, -0.25) is 4.79 Å². The van der Waals surface area contributed by atoms with Crippen LogP contribution in [0.3, 0.4) is 0 Å². The molecule has 4 rings (SSSR count). The number of hydrogen-bond acceptors (Lipinski definition) is 5. The maximum Gasteiger partial charge on any atom is 0.313 e. The molecule has 0 saturated heterocycles. The molecule has 3 aliphatic rings. The summed E-state index contributed by atoms with van der Waals surface area (Å²) in [5, 5.41) is 22.3. The number of furan rings is 1. The molecule has 2 saturated carbocycles. The minimum Gasteiger partial charge on any atom is -0.469 e. The predicted octanol–water partition coefficient (Wildman–Crippen LogP) is 2.89. The number of esters is 1. The van der Waals surface area contributed by atoms with Gasteiger partial charge in [-0.2, -0.15) is 0 Å². The van der Waals surface area contributed by atoms with Crippen molar-refractivity contribution in [2.45, 2.75) is 64.6 Å². The summed E-state index contributed by atoms with van der Waals surface area (Å²) in [5.74, 6) is -0.389. The highest BCUT2D eigenvalue weighted by molar-refractivity contribution is 5.79. The van der Waals surface area contributed by atoms with E-state index in [0.29, 0.717) is 6.42 Å². The molecule has 26 heavy (non-hydrogen) atoms. The zero-order valence-electron chi connectivity index (χ0n) is 16.1. The topological polar surface area (TPSA) is 79.9 Å². The van der Waals surface area contributed by atoms with Gasteiger partial charge in [0, 0.05) is 17.9 Å². The minimum absolute atomic E-state index is 0.00481. The fraction of sp³-hybridized carbons (Fsp3) is 0.762. The summed E-state index contributed by atoms with van der Waals surface area (Å²) < 4.78 is 10.8. The van der Waals surface area contributed by atoms with Gasteiger partial charge in [0.2, 0.25) is 0 Å². The number of methoxy groups -OCH3 is 1. The van der Waals surface area contributed by atoms with Crippen molar-refractivity contribution in [2.75, 3.05) is 7.11 Å². The van der Waals surface area contributed by atoms with E-state index in [4.69, 9.17) is 9.15 Å². The van der Waals surface area contributed by atoms with Gasteiger partial charge in [-0.1, -0.05) is 27.2 Å². The number of hydrogen-bond donors (Lipinski definition) is 2. The van der Waals surface area contributed by atoms with E-state index < -0.39 is 18.1 Å². The molecule has 0 unspecified atom stereocenters. The van der Waals surface area contributed by atoms with E-state index in [1.165, 1.54) is 7.11 Å². The van der Waals surface area contributed by atoms with Crippen LogP contribution >= 0.6 is 0 Å². The van der Waals surface area contributed by atoms with Crippen LogP contribution in [0.4, 0.5) is 0 Å². The number of carbonyl (C=O) groups is 1. The monoisotopic (exact) mass is 362 g/mol. The molecular weight excluding hydrogens is 332 g/mol. The Kier molecular flexibility index (Phi) is 4.05. The third-order valence-corrected chi connectivity index (χ3v) is 7.85. The number of aliphatic hydroxyl groups is 2. The molecular formula is C21H30O5. The number of rotatable bonds is 1. The molecule has 2 N–H and O–H groups in total. The van der Waals surface area contributed by atoms with E-state index in [2.05, 4.69) is 20.8 Å². The van der Waals surface area contributed by atoms with E-state index in [0.717, 1.165) is 30.6 Å². The summed E-state index contributed by atoms with van der Waals surface area (Å²) in [4.78, 5) is 12.7. The second kappa shape index (κ2) is 5.83. The van der Waals surface area contributed by atoms with Crippen molar-refractivity contribution in [2.24, 2.45) is 28.6 Å². The first-order valence-electron chi connectivity index (χ1n) is 9.72. The molecule has 0 spiro atoms. The highest BCUT2D eigenvalue weighted by Crippen LogP contribution is 2.64. The lowest BCUT2D eigenvalue weighted by atomic mass is 9.42. The number of aliphatic hydroxyl groups excluding tert-OH is 2. The standard InChI is InChI=1S/C21H30O5/c1-20(2)7-5-8-21(3)12-10-13-11(6-9-26-13)14(19(24)25-4)15(12)16(22)17(23)18(20)21/h6,9,12,14-18,22-23H,5,7-8,10H2,1-4H3/t12-,14+,15-,16+,17-,18+,21+/m0/s1. The molecule has 1 aromatic rings. The average Bonchev–Trinajstić information content (AvgIpc) is 3.05. The Balaban J connectivity index is 1.86. The zero-order chi connectivity index (χ0) is 18.9. The number of carbonyl (C=O) groups excluding carboxylic acids is 1. The van der Waals surface area contributed by atoms with Gasteiger partial charge in [0.15, 0.2) is 0 Å². The Morgan fingerprint density at radius 3 is 2.65 bits per heavy atom. The Morgan fingerprint density at radius 1 is 1.23 bits per heavy atom. The van der Waals surface area contributed by atoms with Gasteiger partial charge in [-0.05, 0) is 41.6 Å². The van der Waals surface area contributed by atoms with Crippen molar-refractivity contribution < 1.29 is 24.2 Å². The van der Waals surface area contributed by atoms with Crippen LogP contribution in [-0.4, -0.2) is 35.5 Å². The fourth-order valence-corrected chi connectivity index (χ4v) is 6.91. The summed E-state index contributed by atoms with van der Waals surface area (Å²) in [5.41, 5.74) is 0.603. The van der Waals surface area contributed by atoms with Gasteiger partial charge in [-0.25, -0.2) is 0 Å². The average molecular weight is 362 g/mol. The smallest absolute Gasteiger partial charge is 0.313 e. The third kappa shape index (κ3) is 2.26. The first kappa shape index (κ1) is 18.1. The predicted molar refractivity (Wildman–Crippen MR) is 95.4 cm³/mol. The number of fused-ring (bicyclic) bond motifs is 4. The van der Waals surface area contributed by atoms with E-state index in [-0.39, 0.29) is 34.6 Å². The zero-order valence-corrected chi connectivity index (χ0v) is 16.1. The van der Waals surface area contributed by atoms with Crippen LogP contribution in [0.5, 0.6) is 0 Å². The van der Waals surface area contributed by atoms with Crippen molar-refractivity contribution in [3.63, 3.8) is 0 Å². The molecule has 0 amide bonds. The maximum absolute atomic E-state index is 12.7. The summed E-state index contributed by atoms with van der Waals surface area (Å²) in [7, 11) is 1.38. The van der Waals surface area contributed by atoms with Crippen LogP contribution in [0, 0.1) is 28.6 Å². The van der Waals surface area contributed by atoms with Gasteiger partial charge >= 0.3 is 5.97 Å². The van der Waals surface area contributed by atoms with E-state index in [1.54, 1.807) is 6.26 Å². The minimum atomic E-state index is -0.942. The molecule has 3 aliphatic carbocycles. The first-order chi connectivity index (χ1) is 12.2. The Hall–Kier alpha value is -1.33. The van der Waals surface area contributed by atoms with E-state index in [1.807, 2.05) is 6.07 Å². The van der Waals surface area contributed by atoms with Gasteiger partial charge in [0.25, 0.3) is 0 Å². The largest absolute Gasteiger partial charge is 0.469 e. The summed E-state index contributed by atoms with van der Waals surface area (Å²) in [6, 6.07) is 1.81. The molecule has 144 valence electrons. The molecule has 1 heterocycles. The van der Waals surface area contributed by atoms with Gasteiger partial charge in [-0.15, -0.1) is 0 Å². The van der Waals surface area contributed by atoms with Crippen molar-refractivity contribution in [3.05, 3.63) is 23.7 Å². The van der Waals surface area contributed by atoms with Crippen LogP contribution in [-0.2, 0) is 16.0 Å². The summed E-state index contributed by atoms with van der Waals surface area (Å²) in [6.07, 6.45) is 3.68. The Labute approximate surface area is 154 Å². The van der Waals surface area contributed by atoms with Crippen molar-refractivity contribution in [3.8, 4) is 0 Å². The third-order valence-electron chi connectivity index (χ3n) is 7.85. The summed E-state index contributed by atoms with van der Waals surface area (Å²) >= 11 is 0. The quantitative estimate of drug-likeness (QED) is 0.751. The van der Waals surface area contributed by atoms with Crippen LogP contribution in [0.1, 0.15) is 57.3 Å². The van der Waals surface area contributed by atoms with E-state index in [9.17, 15) is 15.0 Å². The molecule has 0 aromatic carbocycles. The molecule has 5 nitrogen and oxygen atoms in total. The lowest BCUT2D eigenvalue weighted by Crippen LogP contribution is -2.65. The van der Waals surface area contributed by atoms with Gasteiger partial charge in [0.1, 0.15) is 5.76 Å². The second-order valence-corrected chi connectivity index (χ2v) is 9.49. The molecule has 0 radical (unpaired) electrons. The lowest BCUT2D eigenvalue weighted by Gasteiger charge is -2.63. The summed E-state index contributed by atoms with van der Waals surface area (Å²) in [6.45, 7) is 6.64. The maximum atomic E-state index is 12.7. The lowest BCUT2D eigenvalue weighted by molar-refractivity contribution is -0.219. The molecule has 1 aromatic heterocycles. The normalized spacial score (nSPS) is 43.8. The first-order valence-corrected chi connectivity index (χ1v) is 9.72. The van der Waals surface area contributed by atoms with Crippen LogP contribution in [0.15, 0.2) is 16.7 Å². The molecule has 2 fully saturated rings. The molecule has 5 heteroatoms. The van der Waals surface area contributed by atoms with Crippen LogP contribution in [0.2, 0.25) is 0 Å².